The number of nitrogens with one attached hydrogen (secondary N) is 2. The molecule has 0 saturated heterocycles. The Morgan fingerprint density at radius 2 is 1.71 bits per heavy atom. The Hall–Kier alpha value is -2.84. The van der Waals surface area contributed by atoms with E-state index in [9.17, 15) is 13.2 Å². The summed E-state index contributed by atoms with van der Waals surface area (Å²) in [4.78, 5) is 12.2. The fraction of sp³-hybridized carbons (Fsp3) is 0.250. The first kappa shape index (κ1) is 19.9. The molecule has 0 unspecified atom stereocenters. The molecule has 2 aromatic carbocycles. The first-order chi connectivity index (χ1) is 13.1. The van der Waals surface area contributed by atoms with Crippen LogP contribution < -0.4 is 19.5 Å². The molecular weight excluding hydrogens is 380 g/mol. The molecule has 0 aromatic heterocycles. The molecule has 1 amide bonds. The van der Waals surface area contributed by atoms with E-state index in [1.54, 1.807) is 51.1 Å². The molecule has 1 aliphatic rings. The highest BCUT2D eigenvalue weighted by atomic mass is 32.2. The van der Waals surface area contributed by atoms with Gasteiger partial charge in [0.2, 0.25) is 22.7 Å². The lowest BCUT2D eigenvalue weighted by Crippen LogP contribution is -2.40. The molecule has 3 rings (SSSR count). The van der Waals surface area contributed by atoms with E-state index < -0.39 is 15.6 Å². The molecule has 2 N–H and O–H groups in total. The van der Waals surface area contributed by atoms with Crippen LogP contribution in [0.5, 0.6) is 11.5 Å². The number of ether oxygens (including phenoxy) is 2. The number of fused-ring (bicyclic) bond motifs is 1. The summed E-state index contributed by atoms with van der Waals surface area (Å²) in [7, 11) is -3.61. The lowest BCUT2D eigenvalue weighted by Gasteiger charge is -2.20. The minimum atomic E-state index is -3.61. The standard InChI is InChI=1S/C20H22N2O5S/c1-20(2,3)22-28(24,25)16-8-6-15(7-9-16)21-19(23)11-5-14-4-10-17-18(12-14)27-13-26-17/h4-12,22H,13H2,1-3H3,(H,21,23)/b11-5+. The van der Waals surface area contributed by atoms with Gasteiger partial charge in [0.25, 0.3) is 0 Å². The van der Waals surface area contributed by atoms with E-state index in [-0.39, 0.29) is 17.6 Å². The predicted octanol–water partition coefficient (Wildman–Crippen LogP) is 3.14. The monoisotopic (exact) mass is 402 g/mol. The van der Waals surface area contributed by atoms with Crippen LogP contribution in [0.2, 0.25) is 0 Å². The number of benzene rings is 2. The Kier molecular flexibility index (Phi) is 5.44. The average molecular weight is 402 g/mol. The van der Waals surface area contributed by atoms with Crippen molar-refractivity contribution in [2.75, 3.05) is 12.1 Å². The SMILES string of the molecule is CC(C)(C)NS(=O)(=O)c1ccc(NC(=O)/C=C/c2ccc3c(c2)OCO3)cc1. The molecule has 1 aliphatic heterocycles. The second-order valence-electron chi connectivity index (χ2n) is 7.32. The van der Waals surface area contributed by atoms with Crippen molar-refractivity contribution < 1.29 is 22.7 Å². The largest absolute Gasteiger partial charge is 0.454 e. The summed E-state index contributed by atoms with van der Waals surface area (Å²) in [5.74, 6) is 0.988. The van der Waals surface area contributed by atoms with E-state index >= 15 is 0 Å². The van der Waals surface area contributed by atoms with Gasteiger partial charge < -0.3 is 14.8 Å². The first-order valence-corrected chi connectivity index (χ1v) is 10.1. The highest BCUT2D eigenvalue weighted by Crippen LogP contribution is 2.32. The zero-order valence-corrected chi connectivity index (χ0v) is 16.7. The number of anilines is 1. The molecule has 0 radical (unpaired) electrons. The number of carbonyl (C=O) groups is 1. The van der Waals surface area contributed by atoms with Gasteiger partial charge in [0.05, 0.1) is 4.90 Å². The fourth-order valence-corrected chi connectivity index (χ4v) is 3.97. The molecule has 148 valence electrons. The van der Waals surface area contributed by atoms with Crippen LogP contribution in [0.3, 0.4) is 0 Å². The summed E-state index contributed by atoms with van der Waals surface area (Å²) in [6.07, 6.45) is 3.05. The van der Waals surface area contributed by atoms with Gasteiger partial charge in [-0.15, -0.1) is 0 Å². The average Bonchev–Trinajstić information content (AvgIpc) is 3.06. The van der Waals surface area contributed by atoms with Gasteiger partial charge in [0.15, 0.2) is 11.5 Å². The molecule has 0 saturated carbocycles. The van der Waals surface area contributed by atoms with Crippen LogP contribution in [-0.2, 0) is 14.8 Å². The van der Waals surface area contributed by atoms with Gasteiger partial charge in [-0.3, -0.25) is 4.79 Å². The Labute approximate surface area is 164 Å². The van der Waals surface area contributed by atoms with Gasteiger partial charge in [-0.05, 0) is 68.8 Å². The van der Waals surface area contributed by atoms with Gasteiger partial charge in [-0.25, -0.2) is 13.1 Å². The van der Waals surface area contributed by atoms with E-state index in [0.717, 1.165) is 5.56 Å². The van der Waals surface area contributed by atoms with Crippen molar-refractivity contribution in [1.29, 1.82) is 0 Å². The van der Waals surface area contributed by atoms with Crippen molar-refractivity contribution in [2.24, 2.45) is 0 Å². The highest BCUT2D eigenvalue weighted by Gasteiger charge is 2.21. The maximum absolute atomic E-state index is 12.3. The molecule has 2 aromatic rings. The van der Waals surface area contributed by atoms with Crippen molar-refractivity contribution in [2.45, 2.75) is 31.2 Å². The van der Waals surface area contributed by atoms with Crippen LogP contribution in [0.25, 0.3) is 6.08 Å². The van der Waals surface area contributed by atoms with E-state index in [1.807, 2.05) is 6.07 Å². The van der Waals surface area contributed by atoms with Crippen molar-refractivity contribution in [1.82, 2.24) is 4.72 Å². The molecule has 0 aliphatic carbocycles. The van der Waals surface area contributed by atoms with Crippen molar-refractivity contribution in [3.05, 3.63) is 54.1 Å². The Balaban J connectivity index is 1.63. The smallest absolute Gasteiger partial charge is 0.248 e. The Morgan fingerprint density at radius 3 is 2.39 bits per heavy atom. The molecule has 0 spiro atoms. The molecule has 28 heavy (non-hydrogen) atoms. The van der Waals surface area contributed by atoms with E-state index in [1.165, 1.54) is 18.2 Å². The number of hydrogen-bond donors (Lipinski definition) is 2. The summed E-state index contributed by atoms with van der Waals surface area (Å²) < 4.78 is 37.7. The molecule has 1 heterocycles. The van der Waals surface area contributed by atoms with Crippen molar-refractivity contribution >= 4 is 27.7 Å². The topological polar surface area (TPSA) is 93.7 Å². The quantitative estimate of drug-likeness (QED) is 0.750. The third kappa shape index (κ3) is 5.11. The van der Waals surface area contributed by atoms with Crippen LogP contribution in [0.1, 0.15) is 26.3 Å². The maximum atomic E-state index is 12.3. The molecule has 8 heteroatoms. The summed E-state index contributed by atoms with van der Waals surface area (Å²) in [6.45, 7) is 5.50. The molecule has 7 nitrogen and oxygen atoms in total. The number of rotatable bonds is 5. The number of hydrogen-bond acceptors (Lipinski definition) is 5. The lowest BCUT2D eigenvalue weighted by molar-refractivity contribution is -0.111. The van der Waals surface area contributed by atoms with Crippen molar-refractivity contribution in [3.63, 3.8) is 0 Å². The van der Waals surface area contributed by atoms with Gasteiger partial charge in [-0.2, -0.15) is 0 Å². The third-order valence-electron chi connectivity index (χ3n) is 3.70. The second kappa shape index (κ2) is 7.65. The molecule has 0 atom stereocenters. The zero-order valence-electron chi connectivity index (χ0n) is 15.9. The van der Waals surface area contributed by atoms with Crippen LogP contribution in [0.15, 0.2) is 53.4 Å². The zero-order chi connectivity index (χ0) is 20.4. The number of amides is 1. The Morgan fingerprint density at radius 1 is 1.04 bits per heavy atom. The fourth-order valence-electron chi connectivity index (χ4n) is 2.55. The number of carbonyl (C=O) groups excluding carboxylic acids is 1. The minimum absolute atomic E-state index is 0.135. The maximum Gasteiger partial charge on any atom is 0.248 e. The summed E-state index contributed by atoms with van der Waals surface area (Å²) in [5.41, 5.74) is 0.717. The lowest BCUT2D eigenvalue weighted by atomic mass is 10.1. The van der Waals surface area contributed by atoms with Crippen LogP contribution in [0, 0.1) is 0 Å². The van der Waals surface area contributed by atoms with Gasteiger partial charge in [0.1, 0.15) is 0 Å². The van der Waals surface area contributed by atoms with E-state index in [2.05, 4.69) is 10.0 Å². The van der Waals surface area contributed by atoms with Crippen LogP contribution in [-0.4, -0.2) is 26.7 Å². The van der Waals surface area contributed by atoms with Gasteiger partial charge >= 0.3 is 0 Å². The Bertz CT molecular complexity index is 1010. The van der Waals surface area contributed by atoms with E-state index in [0.29, 0.717) is 17.2 Å². The first-order valence-electron chi connectivity index (χ1n) is 8.65. The predicted molar refractivity (Wildman–Crippen MR) is 107 cm³/mol. The second-order valence-corrected chi connectivity index (χ2v) is 9.00. The van der Waals surface area contributed by atoms with E-state index in [4.69, 9.17) is 9.47 Å². The van der Waals surface area contributed by atoms with Crippen LogP contribution in [0.4, 0.5) is 5.69 Å². The molecule has 0 bridgehead atoms. The molecular formula is C20H22N2O5S. The van der Waals surface area contributed by atoms with Gasteiger partial charge in [-0.1, -0.05) is 6.07 Å². The van der Waals surface area contributed by atoms with Gasteiger partial charge in [0, 0.05) is 17.3 Å². The third-order valence-corrected chi connectivity index (χ3v) is 5.47. The highest BCUT2D eigenvalue weighted by molar-refractivity contribution is 7.89. The normalized spacial score (nSPS) is 13.7. The number of sulfonamides is 1. The summed E-state index contributed by atoms with van der Waals surface area (Å²) in [5, 5.41) is 2.69. The van der Waals surface area contributed by atoms with Crippen molar-refractivity contribution in [3.8, 4) is 11.5 Å². The summed E-state index contributed by atoms with van der Waals surface area (Å²) >= 11 is 0. The van der Waals surface area contributed by atoms with Crippen LogP contribution >= 0.6 is 0 Å². The molecule has 0 fully saturated rings. The summed E-state index contributed by atoms with van der Waals surface area (Å²) in [6, 6.07) is 11.4. The minimum Gasteiger partial charge on any atom is -0.454 e.